The highest BCUT2D eigenvalue weighted by atomic mass is 19.1. The number of methoxy groups -OCH3 is 1. The van der Waals surface area contributed by atoms with Gasteiger partial charge in [-0.15, -0.1) is 0 Å². The molecule has 0 aliphatic rings. The Kier molecular flexibility index (Phi) is 4.97. The van der Waals surface area contributed by atoms with Gasteiger partial charge in [0.15, 0.2) is 0 Å². The van der Waals surface area contributed by atoms with Gasteiger partial charge in [-0.25, -0.2) is 4.39 Å². The van der Waals surface area contributed by atoms with Crippen LogP contribution >= 0.6 is 0 Å². The molecule has 0 aromatic heterocycles. The summed E-state index contributed by atoms with van der Waals surface area (Å²) >= 11 is 0. The average Bonchev–Trinajstić information content (AvgIpc) is 2.47. The quantitative estimate of drug-likeness (QED) is 0.870. The second-order valence-electron chi connectivity index (χ2n) is 5.38. The van der Waals surface area contributed by atoms with Gasteiger partial charge in [-0.3, -0.25) is 0 Å². The van der Waals surface area contributed by atoms with Gasteiger partial charge in [-0.1, -0.05) is 35.9 Å². The molecule has 0 heterocycles. The first-order valence-corrected chi connectivity index (χ1v) is 7.18. The third-order valence-electron chi connectivity index (χ3n) is 3.72. The highest BCUT2D eigenvalue weighted by Gasteiger charge is 2.16. The summed E-state index contributed by atoms with van der Waals surface area (Å²) in [6.45, 7) is 6.09. The lowest BCUT2D eigenvalue weighted by Gasteiger charge is -2.23. The standard InChI is InChI=1S/C18H22FNO/c1-12-9-10-18(21-4)16(11-12)14(3)20-13(2)15-7-5-6-8-17(15)19/h5-11,13-14,20H,1-4H3/t13-,14?/m1/s1. The summed E-state index contributed by atoms with van der Waals surface area (Å²) in [5, 5.41) is 3.44. The largest absolute Gasteiger partial charge is 0.496 e. The highest BCUT2D eigenvalue weighted by Crippen LogP contribution is 2.28. The maximum Gasteiger partial charge on any atom is 0.127 e. The van der Waals surface area contributed by atoms with Gasteiger partial charge in [0, 0.05) is 23.2 Å². The second-order valence-corrected chi connectivity index (χ2v) is 5.38. The molecule has 0 aliphatic carbocycles. The smallest absolute Gasteiger partial charge is 0.127 e. The monoisotopic (exact) mass is 287 g/mol. The van der Waals surface area contributed by atoms with Crippen molar-refractivity contribution in [2.75, 3.05) is 7.11 Å². The second kappa shape index (κ2) is 6.72. The Morgan fingerprint density at radius 1 is 1.00 bits per heavy atom. The Morgan fingerprint density at radius 2 is 1.67 bits per heavy atom. The molecule has 0 amide bonds. The zero-order valence-corrected chi connectivity index (χ0v) is 13.0. The third kappa shape index (κ3) is 3.61. The summed E-state index contributed by atoms with van der Waals surface area (Å²) in [4.78, 5) is 0. The minimum atomic E-state index is -0.180. The van der Waals surface area contributed by atoms with E-state index in [2.05, 4.69) is 25.2 Å². The number of nitrogens with one attached hydrogen (secondary N) is 1. The zero-order chi connectivity index (χ0) is 15.4. The van der Waals surface area contributed by atoms with Gasteiger partial charge in [0.25, 0.3) is 0 Å². The van der Waals surface area contributed by atoms with Crippen LogP contribution < -0.4 is 10.1 Å². The van der Waals surface area contributed by atoms with Crippen LogP contribution in [0.2, 0.25) is 0 Å². The first kappa shape index (κ1) is 15.5. The summed E-state index contributed by atoms with van der Waals surface area (Å²) in [5.41, 5.74) is 2.94. The van der Waals surface area contributed by atoms with Crippen molar-refractivity contribution in [2.45, 2.75) is 32.9 Å². The van der Waals surface area contributed by atoms with Crippen molar-refractivity contribution in [3.8, 4) is 5.75 Å². The highest BCUT2D eigenvalue weighted by molar-refractivity contribution is 5.39. The Bertz CT molecular complexity index is 612. The van der Waals surface area contributed by atoms with Crippen LogP contribution in [-0.4, -0.2) is 7.11 Å². The topological polar surface area (TPSA) is 21.3 Å². The maximum atomic E-state index is 13.8. The molecule has 0 saturated carbocycles. The van der Waals surface area contributed by atoms with E-state index in [1.165, 1.54) is 11.6 Å². The Labute approximate surface area is 126 Å². The third-order valence-corrected chi connectivity index (χ3v) is 3.72. The minimum Gasteiger partial charge on any atom is -0.496 e. The number of rotatable bonds is 5. The van der Waals surface area contributed by atoms with Gasteiger partial charge < -0.3 is 10.1 Å². The average molecular weight is 287 g/mol. The predicted octanol–water partition coefficient (Wildman–Crippen LogP) is 4.55. The van der Waals surface area contributed by atoms with E-state index in [9.17, 15) is 4.39 Å². The van der Waals surface area contributed by atoms with Crippen molar-refractivity contribution in [3.05, 3.63) is 65.0 Å². The SMILES string of the molecule is COc1ccc(C)cc1C(C)N[C@H](C)c1ccccc1F. The molecule has 3 heteroatoms. The van der Waals surface area contributed by atoms with Crippen LogP contribution in [0.25, 0.3) is 0 Å². The number of aryl methyl sites for hydroxylation is 1. The van der Waals surface area contributed by atoms with Gasteiger partial charge in [-0.05, 0) is 32.9 Å². The molecule has 2 nitrogen and oxygen atoms in total. The molecule has 2 rings (SSSR count). The van der Waals surface area contributed by atoms with Gasteiger partial charge in [-0.2, -0.15) is 0 Å². The molecule has 2 atom stereocenters. The molecule has 2 aromatic rings. The number of benzene rings is 2. The number of hydrogen-bond donors (Lipinski definition) is 1. The lowest BCUT2D eigenvalue weighted by molar-refractivity contribution is 0.395. The summed E-state index contributed by atoms with van der Waals surface area (Å²) in [6.07, 6.45) is 0. The van der Waals surface area contributed by atoms with Gasteiger partial charge >= 0.3 is 0 Å². The van der Waals surface area contributed by atoms with Crippen LogP contribution in [0.4, 0.5) is 4.39 Å². The molecule has 2 aromatic carbocycles. The Balaban J connectivity index is 2.20. The maximum absolute atomic E-state index is 13.8. The van der Waals surface area contributed by atoms with Crippen LogP contribution in [-0.2, 0) is 0 Å². The fourth-order valence-corrected chi connectivity index (χ4v) is 2.57. The van der Waals surface area contributed by atoms with Crippen molar-refractivity contribution in [3.63, 3.8) is 0 Å². The van der Waals surface area contributed by atoms with E-state index in [4.69, 9.17) is 4.74 Å². The normalized spacial score (nSPS) is 13.8. The van der Waals surface area contributed by atoms with E-state index in [1.54, 1.807) is 13.2 Å². The van der Waals surface area contributed by atoms with Crippen LogP contribution in [0.5, 0.6) is 5.75 Å². The fourth-order valence-electron chi connectivity index (χ4n) is 2.57. The number of halogens is 1. The molecular weight excluding hydrogens is 265 g/mol. The van der Waals surface area contributed by atoms with E-state index >= 15 is 0 Å². The number of hydrogen-bond acceptors (Lipinski definition) is 2. The lowest BCUT2D eigenvalue weighted by Crippen LogP contribution is -2.23. The Hall–Kier alpha value is -1.87. The van der Waals surface area contributed by atoms with E-state index < -0.39 is 0 Å². The van der Waals surface area contributed by atoms with Crippen LogP contribution in [0.15, 0.2) is 42.5 Å². The summed E-state index contributed by atoms with van der Waals surface area (Å²) in [5.74, 6) is 0.669. The molecule has 1 unspecified atom stereocenters. The van der Waals surface area contributed by atoms with Crippen molar-refractivity contribution in [1.82, 2.24) is 5.32 Å². The van der Waals surface area contributed by atoms with Crippen molar-refractivity contribution < 1.29 is 9.13 Å². The molecule has 0 radical (unpaired) electrons. The van der Waals surface area contributed by atoms with E-state index in [0.29, 0.717) is 5.56 Å². The minimum absolute atomic E-state index is 0.0643. The Morgan fingerprint density at radius 3 is 2.33 bits per heavy atom. The van der Waals surface area contributed by atoms with Gasteiger partial charge in [0.1, 0.15) is 11.6 Å². The molecule has 0 saturated heterocycles. The van der Waals surface area contributed by atoms with Crippen molar-refractivity contribution in [2.24, 2.45) is 0 Å². The summed E-state index contributed by atoms with van der Waals surface area (Å²) < 4.78 is 19.3. The van der Waals surface area contributed by atoms with E-state index in [-0.39, 0.29) is 17.9 Å². The van der Waals surface area contributed by atoms with Gasteiger partial charge in [0.05, 0.1) is 7.11 Å². The van der Waals surface area contributed by atoms with Crippen LogP contribution in [0.1, 0.15) is 42.6 Å². The number of ether oxygens (including phenoxy) is 1. The molecule has 112 valence electrons. The summed E-state index contributed by atoms with van der Waals surface area (Å²) in [6, 6.07) is 12.9. The van der Waals surface area contributed by atoms with E-state index in [1.807, 2.05) is 31.2 Å². The first-order chi connectivity index (χ1) is 10.0. The van der Waals surface area contributed by atoms with Crippen LogP contribution in [0, 0.1) is 12.7 Å². The fraction of sp³-hybridized carbons (Fsp3) is 0.333. The van der Waals surface area contributed by atoms with Crippen molar-refractivity contribution in [1.29, 1.82) is 0 Å². The molecule has 0 fully saturated rings. The zero-order valence-electron chi connectivity index (χ0n) is 13.0. The molecule has 0 aliphatic heterocycles. The summed E-state index contributed by atoms with van der Waals surface area (Å²) in [7, 11) is 1.67. The van der Waals surface area contributed by atoms with E-state index in [0.717, 1.165) is 11.3 Å². The van der Waals surface area contributed by atoms with Crippen LogP contribution in [0.3, 0.4) is 0 Å². The van der Waals surface area contributed by atoms with Crippen molar-refractivity contribution >= 4 is 0 Å². The molecule has 1 N–H and O–H groups in total. The first-order valence-electron chi connectivity index (χ1n) is 7.18. The molecule has 0 spiro atoms. The lowest BCUT2D eigenvalue weighted by atomic mass is 10.0. The molecular formula is C18H22FNO. The molecule has 21 heavy (non-hydrogen) atoms. The predicted molar refractivity (Wildman–Crippen MR) is 84.1 cm³/mol. The van der Waals surface area contributed by atoms with Gasteiger partial charge in [0.2, 0.25) is 0 Å². The molecule has 0 bridgehead atoms.